The van der Waals surface area contributed by atoms with Gasteiger partial charge in [0.2, 0.25) is 0 Å². The van der Waals surface area contributed by atoms with Crippen molar-refractivity contribution in [3.05, 3.63) is 95.8 Å². The lowest BCUT2D eigenvalue weighted by Gasteiger charge is -2.34. The molecule has 32 heavy (non-hydrogen) atoms. The predicted molar refractivity (Wildman–Crippen MR) is 115 cm³/mol. The van der Waals surface area contributed by atoms with Crippen LogP contribution in [0.25, 0.3) is 0 Å². The van der Waals surface area contributed by atoms with E-state index >= 15 is 0 Å². The summed E-state index contributed by atoms with van der Waals surface area (Å²) >= 11 is 0. The van der Waals surface area contributed by atoms with Crippen molar-refractivity contribution in [2.75, 3.05) is 13.2 Å². The van der Waals surface area contributed by atoms with Gasteiger partial charge in [-0.05, 0) is 54.3 Å². The van der Waals surface area contributed by atoms with E-state index in [0.717, 1.165) is 36.1 Å². The van der Waals surface area contributed by atoms with Crippen LogP contribution in [0.1, 0.15) is 29.5 Å². The van der Waals surface area contributed by atoms with Crippen LogP contribution in [-0.2, 0) is 18.3 Å². The summed E-state index contributed by atoms with van der Waals surface area (Å²) in [5, 5.41) is 10.7. The fraction of sp³-hybridized carbons (Fsp3) is 0.320. The summed E-state index contributed by atoms with van der Waals surface area (Å²) < 4.78 is 43.7. The molecular formula is C25H25F3N2O2. The number of rotatable bonds is 9. The summed E-state index contributed by atoms with van der Waals surface area (Å²) in [6, 6.07) is 18.5. The number of ether oxygens (including phenoxy) is 1. The van der Waals surface area contributed by atoms with Crippen molar-refractivity contribution in [1.82, 2.24) is 9.88 Å². The lowest BCUT2D eigenvalue weighted by molar-refractivity contribution is -0.137. The number of pyridine rings is 1. The summed E-state index contributed by atoms with van der Waals surface area (Å²) in [5.74, 6) is 0.292. The van der Waals surface area contributed by atoms with Crippen LogP contribution < -0.4 is 4.74 Å². The van der Waals surface area contributed by atoms with Gasteiger partial charge in [0, 0.05) is 31.0 Å². The van der Waals surface area contributed by atoms with Crippen LogP contribution in [0.3, 0.4) is 0 Å². The SMILES string of the molecule is OC(COc1ccc(C(F)(F)F)cc1)CN(Cc1ccccc1)C1(c2cccnc2)CC1. The van der Waals surface area contributed by atoms with Gasteiger partial charge in [0.05, 0.1) is 5.56 Å². The first-order valence-electron chi connectivity index (χ1n) is 10.5. The smallest absolute Gasteiger partial charge is 0.416 e. The topological polar surface area (TPSA) is 45.6 Å². The molecule has 1 aliphatic carbocycles. The van der Waals surface area contributed by atoms with E-state index in [1.807, 2.05) is 30.5 Å². The number of benzene rings is 2. The Kier molecular flexibility index (Phi) is 6.48. The second-order valence-corrected chi connectivity index (χ2v) is 8.13. The van der Waals surface area contributed by atoms with Crippen molar-refractivity contribution in [3.8, 4) is 5.75 Å². The average molecular weight is 442 g/mol. The van der Waals surface area contributed by atoms with Crippen LogP contribution in [0, 0.1) is 0 Å². The van der Waals surface area contributed by atoms with Crippen molar-refractivity contribution in [3.63, 3.8) is 0 Å². The maximum atomic E-state index is 12.7. The molecule has 3 aromatic rings. The van der Waals surface area contributed by atoms with Gasteiger partial charge in [0.1, 0.15) is 18.5 Å². The van der Waals surface area contributed by atoms with E-state index in [-0.39, 0.29) is 12.1 Å². The minimum Gasteiger partial charge on any atom is -0.491 e. The second-order valence-electron chi connectivity index (χ2n) is 8.13. The molecule has 0 radical (unpaired) electrons. The number of hydrogen-bond donors (Lipinski definition) is 1. The van der Waals surface area contributed by atoms with Gasteiger partial charge in [0.25, 0.3) is 0 Å². The van der Waals surface area contributed by atoms with Crippen LogP contribution in [0.15, 0.2) is 79.1 Å². The first-order valence-corrected chi connectivity index (χ1v) is 10.5. The molecule has 7 heteroatoms. The number of nitrogens with zero attached hydrogens (tertiary/aromatic N) is 2. The molecule has 0 spiro atoms. The number of aliphatic hydroxyl groups is 1. The first-order chi connectivity index (χ1) is 15.4. The summed E-state index contributed by atoms with van der Waals surface area (Å²) in [6.07, 6.45) is 0.357. The monoisotopic (exact) mass is 442 g/mol. The largest absolute Gasteiger partial charge is 0.491 e. The van der Waals surface area contributed by atoms with E-state index in [0.29, 0.717) is 18.8 Å². The molecule has 0 aliphatic heterocycles. The number of hydrogen-bond acceptors (Lipinski definition) is 4. The van der Waals surface area contributed by atoms with Crippen molar-refractivity contribution in [1.29, 1.82) is 0 Å². The highest BCUT2D eigenvalue weighted by molar-refractivity contribution is 5.30. The molecule has 1 fully saturated rings. The second kappa shape index (κ2) is 9.30. The Morgan fingerprint density at radius 3 is 2.31 bits per heavy atom. The van der Waals surface area contributed by atoms with Crippen LogP contribution in [0.5, 0.6) is 5.75 Å². The number of aliphatic hydroxyl groups excluding tert-OH is 1. The zero-order chi connectivity index (χ0) is 22.6. The van der Waals surface area contributed by atoms with E-state index in [1.54, 1.807) is 6.20 Å². The highest BCUT2D eigenvalue weighted by Crippen LogP contribution is 2.51. The van der Waals surface area contributed by atoms with Gasteiger partial charge in [0.15, 0.2) is 0 Å². The van der Waals surface area contributed by atoms with Crippen molar-refractivity contribution < 1.29 is 23.0 Å². The lowest BCUT2D eigenvalue weighted by Crippen LogP contribution is -2.42. The molecule has 2 aromatic carbocycles. The highest BCUT2D eigenvalue weighted by atomic mass is 19.4. The number of aromatic nitrogens is 1. The maximum Gasteiger partial charge on any atom is 0.416 e. The van der Waals surface area contributed by atoms with Crippen LogP contribution in [0.2, 0.25) is 0 Å². The fourth-order valence-electron chi connectivity index (χ4n) is 3.98. The van der Waals surface area contributed by atoms with Crippen molar-refractivity contribution in [2.45, 2.75) is 37.2 Å². The fourth-order valence-corrected chi connectivity index (χ4v) is 3.98. The van der Waals surface area contributed by atoms with Crippen molar-refractivity contribution in [2.24, 2.45) is 0 Å². The van der Waals surface area contributed by atoms with Gasteiger partial charge in [-0.1, -0.05) is 36.4 Å². The molecule has 1 aliphatic rings. The van der Waals surface area contributed by atoms with Crippen molar-refractivity contribution >= 4 is 0 Å². The summed E-state index contributed by atoms with van der Waals surface area (Å²) in [5.41, 5.74) is 1.34. The van der Waals surface area contributed by atoms with Gasteiger partial charge in [-0.2, -0.15) is 13.2 Å². The van der Waals surface area contributed by atoms with Gasteiger partial charge < -0.3 is 9.84 Å². The summed E-state index contributed by atoms with van der Waals surface area (Å²) in [6.45, 7) is 1.01. The van der Waals surface area contributed by atoms with E-state index in [1.165, 1.54) is 12.1 Å². The third-order valence-corrected chi connectivity index (χ3v) is 5.80. The van der Waals surface area contributed by atoms with Crippen LogP contribution >= 0.6 is 0 Å². The Balaban J connectivity index is 1.44. The third kappa shape index (κ3) is 5.29. The molecule has 1 saturated carbocycles. The molecule has 1 N–H and O–H groups in total. The average Bonchev–Trinajstić information content (AvgIpc) is 3.60. The quantitative estimate of drug-likeness (QED) is 0.505. The highest BCUT2D eigenvalue weighted by Gasteiger charge is 2.49. The van der Waals surface area contributed by atoms with Gasteiger partial charge >= 0.3 is 6.18 Å². The minimum atomic E-state index is -4.39. The van der Waals surface area contributed by atoms with E-state index in [4.69, 9.17) is 4.74 Å². The third-order valence-electron chi connectivity index (χ3n) is 5.80. The predicted octanol–water partition coefficient (Wildman–Crippen LogP) is 5.03. The molecular weight excluding hydrogens is 417 g/mol. The van der Waals surface area contributed by atoms with E-state index < -0.39 is 17.8 Å². The molecule has 4 nitrogen and oxygen atoms in total. The normalized spacial score (nSPS) is 16.0. The Morgan fingerprint density at radius 2 is 1.72 bits per heavy atom. The van der Waals surface area contributed by atoms with Crippen LogP contribution in [0.4, 0.5) is 13.2 Å². The molecule has 0 saturated heterocycles. The molecule has 0 bridgehead atoms. The maximum absolute atomic E-state index is 12.7. The Labute approximate surface area is 185 Å². The van der Waals surface area contributed by atoms with E-state index in [9.17, 15) is 18.3 Å². The standard InChI is InChI=1S/C25H25F3N2O2/c26-25(27,28)20-8-10-23(11-9-20)32-18-22(31)17-30(16-19-5-2-1-3-6-19)24(12-13-24)21-7-4-14-29-15-21/h1-11,14-15,22,31H,12-13,16-18H2. The van der Waals surface area contributed by atoms with E-state index in [2.05, 4.69) is 28.1 Å². The minimum absolute atomic E-state index is 0.0141. The zero-order valence-corrected chi connectivity index (χ0v) is 17.5. The molecule has 1 unspecified atom stereocenters. The Hall–Kier alpha value is -2.90. The first kappa shape index (κ1) is 22.3. The van der Waals surface area contributed by atoms with Gasteiger partial charge in [-0.15, -0.1) is 0 Å². The molecule has 4 rings (SSSR count). The number of halogens is 3. The summed E-state index contributed by atoms with van der Waals surface area (Å²) in [7, 11) is 0. The summed E-state index contributed by atoms with van der Waals surface area (Å²) in [4.78, 5) is 6.52. The Bertz CT molecular complexity index is 991. The molecule has 1 heterocycles. The molecule has 168 valence electrons. The molecule has 1 aromatic heterocycles. The molecule has 1 atom stereocenters. The van der Waals surface area contributed by atoms with Crippen LogP contribution in [-0.4, -0.2) is 34.2 Å². The molecule has 0 amide bonds. The van der Waals surface area contributed by atoms with Gasteiger partial charge in [-0.3, -0.25) is 9.88 Å². The lowest BCUT2D eigenvalue weighted by atomic mass is 10.0. The zero-order valence-electron chi connectivity index (χ0n) is 17.5. The van der Waals surface area contributed by atoms with Gasteiger partial charge in [-0.25, -0.2) is 0 Å². The number of alkyl halides is 3. The Morgan fingerprint density at radius 1 is 1.00 bits per heavy atom.